The molecule has 0 bridgehead atoms. The molecule has 3 aromatic carbocycles. The highest BCUT2D eigenvalue weighted by Crippen LogP contribution is 2.20. The molecule has 8 nitrogen and oxygen atoms in total. The number of H-pyrrole nitrogens is 1. The third kappa shape index (κ3) is 5.25. The van der Waals surface area contributed by atoms with E-state index in [0.717, 1.165) is 16.5 Å². The number of aromatic amines is 1. The highest BCUT2D eigenvalue weighted by molar-refractivity contribution is 6.31. The van der Waals surface area contributed by atoms with E-state index >= 15 is 0 Å². The van der Waals surface area contributed by atoms with Crippen molar-refractivity contribution in [3.05, 3.63) is 101 Å². The number of para-hydroxylation sites is 1. The highest BCUT2D eigenvalue weighted by atomic mass is 35.5. The van der Waals surface area contributed by atoms with Gasteiger partial charge in [-0.3, -0.25) is 19.6 Å². The van der Waals surface area contributed by atoms with Crippen molar-refractivity contribution in [1.29, 1.82) is 0 Å². The first kappa shape index (κ1) is 23.0. The quantitative estimate of drug-likeness (QED) is 0.205. The molecule has 0 saturated carbocycles. The van der Waals surface area contributed by atoms with Crippen molar-refractivity contribution in [1.82, 2.24) is 15.8 Å². The maximum Gasteiger partial charge on any atom is 0.274 e. The maximum absolute atomic E-state index is 13.2. The van der Waals surface area contributed by atoms with E-state index < -0.39 is 23.8 Å². The van der Waals surface area contributed by atoms with Gasteiger partial charge in [0.2, 0.25) is 5.91 Å². The molecule has 0 fully saturated rings. The summed E-state index contributed by atoms with van der Waals surface area (Å²) in [5.74, 6) is -1.53. The molecule has 3 amide bonds. The topological polar surface area (TPSA) is 123 Å². The summed E-state index contributed by atoms with van der Waals surface area (Å²) in [6.45, 7) is 0. The fraction of sp³-hybridized carbons (Fsp3) is 0.0800. The second-order valence-corrected chi connectivity index (χ2v) is 8.04. The minimum atomic E-state index is -0.897. The molecular weight excluding hydrogens is 456 g/mol. The molecule has 5 N–H and O–H groups in total. The van der Waals surface area contributed by atoms with E-state index in [4.69, 9.17) is 16.8 Å². The molecule has 0 radical (unpaired) electrons. The Labute approximate surface area is 199 Å². The minimum Gasteiger partial charge on any atom is -0.361 e. The number of fused-ring (bicyclic) bond motifs is 1. The summed E-state index contributed by atoms with van der Waals surface area (Å²) in [6.07, 6.45) is 2.06. The number of carbonyl (C=O) groups excluding carboxylic acids is 3. The molecule has 172 valence electrons. The number of hydroxylamine groups is 1. The molecule has 0 aliphatic heterocycles. The van der Waals surface area contributed by atoms with Gasteiger partial charge in [-0.15, -0.1) is 0 Å². The van der Waals surface area contributed by atoms with Crippen LogP contribution in [0.15, 0.2) is 79.0 Å². The number of halogens is 1. The third-order valence-corrected chi connectivity index (χ3v) is 5.56. The largest absolute Gasteiger partial charge is 0.361 e. The Bertz CT molecular complexity index is 1350. The molecular formula is C25H21ClN4O4. The van der Waals surface area contributed by atoms with Crippen LogP contribution in [0.1, 0.15) is 26.3 Å². The van der Waals surface area contributed by atoms with Gasteiger partial charge >= 0.3 is 0 Å². The Morgan fingerprint density at radius 1 is 0.912 bits per heavy atom. The molecule has 0 unspecified atom stereocenters. The van der Waals surface area contributed by atoms with Crippen molar-refractivity contribution in [2.24, 2.45) is 0 Å². The Morgan fingerprint density at radius 2 is 1.68 bits per heavy atom. The van der Waals surface area contributed by atoms with Crippen LogP contribution in [0.25, 0.3) is 10.9 Å². The second-order valence-electron chi connectivity index (χ2n) is 7.61. The van der Waals surface area contributed by atoms with Gasteiger partial charge in [0, 0.05) is 45.4 Å². The fourth-order valence-electron chi connectivity index (χ4n) is 3.60. The van der Waals surface area contributed by atoms with Gasteiger partial charge in [-0.25, -0.2) is 5.48 Å². The maximum atomic E-state index is 13.2. The molecule has 0 saturated heterocycles. The van der Waals surface area contributed by atoms with E-state index in [1.54, 1.807) is 23.7 Å². The Kier molecular flexibility index (Phi) is 6.91. The van der Waals surface area contributed by atoms with Gasteiger partial charge in [-0.05, 0) is 54.1 Å². The van der Waals surface area contributed by atoms with Crippen LogP contribution >= 0.6 is 11.6 Å². The molecule has 1 aromatic heterocycles. The molecule has 1 heterocycles. The summed E-state index contributed by atoms with van der Waals surface area (Å²) in [5.41, 5.74) is 4.35. The summed E-state index contributed by atoms with van der Waals surface area (Å²) < 4.78 is 0. The molecule has 1 atom stereocenters. The summed E-state index contributed by atoms with van der Waals surface area (Å²) >= 11 is 6.01. The van der Waals surface area contributed by atoms with Gasteiger partial charge in [-0.1, -0.05) is 35.9 Å². The average molecular weight is 477 g/mol. The number of nitrogens with one attached hydrogen (secondary N) is 4. The number of amides is 3. The SMILES string of the molecule is O=C(NO)c1ccc(NC(=O)[C@H](Cc2c[nH]c3ccccc23)NC(=O)c2cccc(Cl)c2)cc1. The van der Waals surface area contributed by atoms with Crippen LogP contribution < -0.4 is 16.1 Å². The van der Waals surface area contributed by atoms with Crippen LogP contribution in [-0.2, 0) is 11.2 Å². The first-order valence-corrected chi connectivity index (χ1v) is 10.8. The Hall–Kier alpha value is -4.14. The molecule has 4 aromatic rings. The molecule has 4 rings (SSSR count). The van der Waals surface area contributed by atoms with Gasteiger partial charge in [0.25, 0.3) is 11.8 Å². The number of carbonyl (C=O) groups is 3. The van der Waals surface area contributed by atoms with Crippen LogP contribution in [0.4, 0.5) is 5.69 Å². The van der Waals surface area contributed by atoms with Crippen molar-refractivity contribution in [3.8, 4) is 0 Å². The van der Waals surface area contributed by atoms with Crippen molar-refractivity contribution in [2.45, 2.75) is 12.5 Å². The van der Waals surface area contributed by atoms with E-state index in [2.05, 4.69) is 15.6 Å². The van der Waals surface area contributed by atoms with E-state index in [0.29, 0.717) is 16.3 Å². The summed E-state index contributed by atoms with van der Waals surface area (Å²) in [6, 6.07) is 19.3. The molecule has 9 heteroatoms. The zero-order chi connectivity index (χ0) is 24.1. The predicted octanol–water partition coefficient (Wildman–Crippen LogP) is 3.92. The van der Waals surface area contributed by atoms with Crippen LogP contribution in [0.2, 0.25) is 5.02 Å². The number of rotatable bonds is 7. The van der Waals surface area contributed by atoms with Crippen molar-refractivity contribution in [3.63, 3.8) is 0 Å². The first-order valence-electron chi connectivity index (χ1n) is 10.4. The second kappa shape index (κ2) is 10.2. The van der Waals surface area contributed by atoms with Gasteiger partial charge in [0.15, 0.2) is 0 Å². The van der Waals surface area contributed by atoms with Crippen LogP contribution in [0.5, 0.6) is 0 Å². The monoisotopic (exact) mass is 476 g/mol. The molecule has 0 aliphatic rings. The Morgan fingerprint density at radius 3 is 2.41 bits per heavy atom. The Balaban J connectivity index is 1.57. The lowest BCUT2D eigenvalue weighted by molar-refractivity contribution is -0.118. The smallest absolute Gasteiger partial charge is 0.274 e. The molecule has 0 spiro atoms. The lowest BCUT2D eigenvalue weighted by atomic mass is 10.0. The van der Waals surface area contributed by atoms with Crippen molar-refractivity contribution >= 4 is 45.9 Å². The lowest BCUT2D eigenvalue weighted by Gasteiger charge is -2.19. The van der Waals surface area contributed by atoms with E-state index in [9.17, 15) is 14.4 Å². The first-order chi connectivity index (χ1) is 16.4. The number of anilines is 1. The standard InChI is InChI=1S/C25H21ClN4O4/c26-18-5-3-4-16(12-18)23(31)29-22(13-17-14-27-21-7-2-1-6-20(17)21)25(33)28-19-10-8-15(9-11-19)24(32)30-34/h1-12,14,22,27,34H,13H2,(H,28,33)(H,29,31)(H,30,32)/t22-/m0/s1. The van der Waals surface area contributed by atoms with Gasteiger partial charge in [-0.2, -0.15) is 0 Å². The van der Waals surface area contributed by atoms with Gasteiger partial charge in [0.05, 0.1) is 0 Å². The van der Waals surface area contributed by atoms with Crippen molar-refractivity contribution < 1.29 is 19.6 Å². The van der Waals surface area contributed by atoms with Crippen molar-refractivity contribution in [2.75, 3.05) is 5.32 Å². The number of hydrogen-bond donors (Lipinski definition) is 5. The number of benzene rings is 3. The zero-order valence-electron chi connectivity index (χ0n) is 17.8. The van der Waals surface area contributed by atoms with Gasteiger partial charge in [0.1, 0.15) is 6.04 Å². The molecule has 0 aliphatic carbocycles. The van der Waals surface area contributed by atoms with Gasteiger partial charge < -0.3 is 15.6 Å². The zero-order valence-corrected chi connectivity index (χ0v) is 18.6. The fourth-order valence-corrected chi connectivity index (χ4v) is 3.79. The van der Waals surface area contributed by atoms with Crippen LogP contribution in [0.3, 0.4) is 0 Å². The summed E-state index contributed by atoms with van der Waals surface area (Å²) in [5, 5.41) is 15.7. The van der Waals surface area contributed by atoms with E-state index in [-0.39, 0.29) is 12.0 Å². The minimum absolute atomic E-state index is 0.227. The number of aromatic nitrogens is 1. The number of hydrogen-bond acceptors (Lipinski definition) is 4. The highest BCUT2D eigenvalue weighted by Gasteiger charge is 2.24. The van der Waals surface area contributed by atoms with Crippen LogP contribution in [0, 0.1) is 0 Å². The van der Waals surface area contributed by atoms with E-state index in [1.807, 2.05) is 30.5 Å². The average Bonchev–Trinajstić information content (AvgIpc) is 3.26. The lowest BCUT2D eigenvalue weighted by Crippen LogP contribution is -2.45. The van der Waals surface area contributed by atoms with E-state index in [1.165, 1.54) is 30.3 Å². The third-order valence-electron chi connectivity index (χ3n) is 5.32. The van der Waals surface area contributed by atoms with Crippen LogP contribution in [-0.4, -0.2) is 34.0 Å². The summed E-state index contributed by atoms with van der Waals surface area (Å²) in [4.78, 5) is 40.8. The predicted molar refractivity (Wildman–Crippen MR) is 129 cm³/mol. The summed E-state index contributed by atoms with van der Waals surface area (Å²) in [7, 11) is 0. The normalized spacial score (nSPS) is 11.6. The molecule has 34 heavy (non-hydrogen) atoms.